The second-order valence-electron chi connectivity index (χ2n) is 5.22. The summed E-state index contributed by atoms with van der Waals surface area (Å²) in [6, 6.07) is 0.492. The topological polar surface area (TPSA) is 32.3 Å². The highest BCUT2D eigenvalue weighted by Gasteiger charge is 2.15. The van der Waals surface area contributed by atoms with Crippen LogP contribution in [0.2, 0.25) is 0 Å². The Hall–Kier alpha value is -0.0800. The van der Waals surface area contributed by atoms with Crippen molar-refractivity contribution in [1.29, 1.82) is 0 Å². The first-order valence-corrected chi connectivity index (χ1v) is 5.21. The third-order valence-corrected chi connectivity index (χ3v) is 2.39. The molecule has 13 heavy (non-hydrogen) atoms. The van der Waals surface area contributed by atoms with Crippen molar-refractivity contribution in [3.05, 3.63) is 0 Å². The van der Waals surface area contributed by atoms with Crippen molar-refractivity contribution < 1.29 is 5.11 Å². The van der Waals surface area contributed by atoms with Crippen molar-refractivity contribution in [2.45, 2.75) is 47.1 Å². The van der Waals surface area contributed by atoms with E-state index in [1.165, 1.54) is 0 Å². The fourth-order valence-electron chi connectivity index (χ4n) is 1.12. The molecule has 0 fully saturated rings. The Morgan fingerprint density at radius 1 is 1.23 bits per heavy atom. The van der Waals surface area contributed by atoms with Crippen molar-refractivity contribution in [3.8, 4) is 0 Å². The zero-order valence-corrected chi connectivity index (χ0v) is 9.72. The van der Waals surface area contributed by atoms with Crippen molar-refractivity contribution in [2.75, 3.05) is 13.2 Å². The van der Waals surface area contributed by atoms with Crippen molar-refractivity contribution in [2.24, 2.45) is 11.3 Å². The highest BCUT2D eigenvalue weighted by Crippen LogP contribution is 2.13. The van der Waals surface area contributed by atoms with Crippen LogP contribution in [0.5, 0.6) is 0 Å². The number of aliphatic hydroxyl groups excluding tert-OH is 1. The maximum Gasteiger partial charge on any atom is 0.0434 e. The Labute approximate surface area is 82.7 Å². The summed E-state index contributed by atoms with van der Waals surface area (Å²) in [7, 11) is 0. The molecule has 0 aliphatic heterocycles. The summed E-state index contributed by atoms with van der Waals surface area (Å²) in [5, 5.41) is 12.3. The highest BCUT2D eigenvalue weighted by atomic mass is 16.3. The van der Waals surface area contributed by atoms with Crippen LogP contribution < -0.4 is 5.32 Å². The molecule has 0 rings (SSSR count). The van der Waals surface area contributed by atoms with Gasteiger partial charge in [0.15, 0.2) is 0 Å². The van der Waals surface area contributed by atoms with Gasteiger partial charge in [-0.3, -0.25) is 0 Å². The molecule has 0 saturated heterocycles. The average Bonchev–Trinajstić information content (AvgIpc) is 1.99. The third-order valence-electron chi connectivity index (χ3n) is 2.39. The second-order valence-corrected chi connectivity index (χ2v) is 5.22. The van der Waals surface area contributed by atoms with Crippen LogP contribution in [0, 0.1) is 11.3 Å². The molecule has 80 valence electrons. The summed E-state index contributed by atoms with van der Waals surface area (Å²) in [5.74, 6) is 0.548. The van der Waals surface area contributed by atoms with Gasteiger partial charge in [0.1, 0.15) is 0 Å². The molecule has 2 heteroatoms. The van der Waals surface area contributed by atoms with Gasteiger partial charge in [0, 0.05) is 19.2 Å². The third kappa shape index (κ3) is 7.03. The molecule has 0 saturated carbocycles. The van der Waals surface area contributed by atoms with Crippen LogP contribution >= 0.6 is 0 Å². The molecular formula is C11H25NO. The lowest BCUT2D eigenvalue weighted by Gasteiger charge is -2.26. The van der Waals surface area contributed by atoms with Gasteiger partial charge in [-0.05, 0) is 24.7 Å². The van der Waals surface area contributed by atoms with Crippen molar-refractivity contribution in [3.63, 3.8) is 0 Å². The Bertz CT molecular complexity index is 129. The van der Waals surface area contributed by atoms with E-state index in [4.69, 9.17) is 5.11 Å². The number of aliphatic hydroxyl groups is 1. The number of nitrogens with one attached hydrogen (secondary N) is 1. The first-order valence-electron chi connectivity index (χ1n) is 5.21. The van der Waals surface area contributed by atoms with E-state index < -0.39 is 0 Å². The molecule has 0 heterocycles. The van der Waals surface area contributed by atoms with Crippen molar-refractivity contribution in [1.82, 2.24) is 5.32 Å². The van der Waals surface area contributed by atoms with Crippen LogP contribution in [0.1, 0.15) is 41.0 Å². The molecule has 0 aromatic heterocycles. The number of rotatable bonds is 5. The largest absolute Gasteiger partial charge is 0.396 e. The SMILES string of the molecule is C[C@H](NCC(C)(C)C)[C@@H](C)CCO. The van der Waals surface area contributed by atoms with E-state index in [2.05, 4.69) is 39.9 Å². The lowest BCUT2D eigenvalue weighted by molar-refractivity contribution is 0.235. The fourth-order valence-corrected chi connectivity index (χ4v) is 1.12. The lowest BCUT2D eigenvalue weighted by Crippen LogP contribution is -2.38. The van der Waals surface area contributed by atoms with Gasteiger partial charge in [0.2, 0.25) is 0 Å². The molecule has 0 spiro atoms. The van der Waals surface area contributed by atoms with Crippen molar-refractivity contribution >= 4 is 0 Å². The summed E-state index contributed by atoms with van der Waals surface area (Å²) in [5.41, 5.74) is 0.340. The van der Waals surface area contributed by atoms with Crippen LogP contribution in [0.15, 0.2) is 0 Å². The van der Waals surface area contributed by atoms with Crippen LogP contribution in [-0.4, -0.2) is 24.3 Å². The van der Waals surface area contributed by atoms with E-state index in [0.717, 1.165) is 13.0 Å². The molecule has 0 radical (unpaired) electrons. The zero-order chi connectivity index (χ0) is 10.5. The molecule has 0 aliphatic carbocycles. The van der Waals surface area contributed by atoms with Gasteiger partial charge >= 0.3 is 0 Å². The number of hydrogen-bond donors (Lipinski definition) is 2. The van der Waals surface area contributed by atoms with Gasteiger partial charge in [0.05, 0.1) is 0 Å². The van der Waals surface area contributed by atoms with Gasteiger partial charge in [-0.2, -0.15) is 0 Å². The summed E-state index contributed by atoms with van der Waals surface area (Å²) in [6.45, 7) is 12.4. The summed E-state index contributed by atoms with van der Waals surface area (Å²) in [4.78, 5) is 0. The van der Waals surface area contributed by atoms with Gasteiger partial charge in [0.25, 0.3) is 0 Å². The molecule has 0 amide bonds. The first kappa shape index (κ1) is 12.9. The molecule has 0 aromatic rings. The molecule has 0 unspecified atom stereocenters. The molecule has 2 nitrogen and oxygen atoms in total. The normalized spacial score (nSPS) is 17.1. The van der Waals surface area contributed by atoms with Gasteiger partial charge in [-0.15, -0.1) is 0 Å². The number of hydrogen-bond acceptors (Lipinski definition) is 2. The smallest absolute Gasteiger partial charge is 0.0434 e. The van der Waals surface area contributed by atoms with Gasteiger partial charge in [-0.1, -0.05) is 27.7 Å². The predicted molar refractivity (Wildman–Crippen MR) is 57.8 cm³/mol. The molecule has 0 aliphatic rings. The molecule has 0 bridgehead atoms. The summed E-state index contributed by atoms with van der Waals surface area (Å²) in [6.07, 6.45) is 0.887. The van der Waals surface area contributed by atoms with Crippen LogP contribution in [-0.2, 0) is 0 Å². The summed E-state index contributed by atoms with van der Waals surface area (Å²) < 4.78 is 0. The maximum absolute atomic E-state index is 8.79. The average molecular weight is 187 g/mol. The van der Waals surface area contributed by atoms with E-state index in [9.17, 15) is 0 Å². The van der Waals surface area contributed by atoms with E-state index in [0.29, 0.717) is 24.0 Å². The zero-order valence-electron chi connectivity index (χ0n) is 9.72. The Morgan fingerprint density at radius 2 is 1.77 bits per heavy atom. The maximum atomic E-state index is 8.79. The Kier molecular flexibility index (Phi) is 5.57. The van der Waals surface area contributed by atoms with Gasteiger partial charge < -0.3 is 10.4 Å². The Morgan fingerprint density at radius 3 is 2.15 bits per heavy atom. The van der Waals surface area contributed by atoms with E-state index in [1.807, 2.05) is 0 Å². The first-order chi connectivity index (χ1) is 5.87. The monoisotopic (exact) mass is 187 g/mol. The van der Waals surface area contributed by atoms with E-state index >= 15 is 0 Å². The summed E-state index contributed by atoms with van der Waals surface area (Å²) >= 11 is 0. The van der Waals surface area contributed by atoms with Crippen LogP contribution in [0.25, 0.3) is 0 Å². The van der Waals surface area contributed by atoms with Crippen LogP contribution in [0.3, 0.4) is 0 Å². The minimum absolute atomic E-state index is 0.294. The standard InChI is InChI=1S/C11H25NO/c1-9(6-7-13)10(2)12-8-11(3,4)5/h9-10,12-13H,6-8H2,1-5H3/t9-,10-/m0/s1. The molecular weight excluding hydrogens is 162 g/mol. The quantitative estimate of drug-likeness (QED) is 0.690. The lowest BCUT2D eigenvalue weighted by atomic mass is 9.94. The van der Waals surface area contributed by atoms with E-state index in [1.54, 1.807) is 0 Å². The van der Waals surface area contributed by atoms with E-state index in [-0.39, 0.29) is 0 Å². The highest BCUT2D eigenvalue weighted by molar-refractivity contribution is 4.72. The van der Waals surface area contributed by atoms with Crippen LogP contribution in [0.4, 0.5) is 0 Å². The van der Waals surface area contributed by atoms with Gasteiger partial charge in [-0.25, -0.2) is 0 Å². The second kappa shape index (κ2) is 5.61. The minimum atomic E-state index is 0.294. The fraction of sp³-hybridized carbons (Fsp3) is 1.00. The predicted octanol–water partition coefficient (Wildman–Crippen LogP) is 2.03. The molecule has 0 aromatic carbocycles. The minimum Gasteiger partial charge on any atom is -0.396 e. The molecule has 2 atom stereocenters. The Balaban J connectivity index is 3.67. The molecule has 2 N–H and O–H groups in total.